The lowest BCUT2D eigenvalue weighted by Crippen LogP contribution is -1.98. The zero-order valence-corrected chi connectivity index (χ0v) is 23.2. The lowest BCUT2D eigenvalue weighted by molar-refractivity contribution is 1.33. The average Bonchev–Trinajstić information content (AvgIpc) is 2.92. The van der Waals surface area contributed by atoms with Crippen LogP contribution in [-0.4, -0.2) is 0 Å². The molecule has 0 spiro atoms. The average molecular weight is 491 g/mol. The molecule has 0 heterocycles. The molecule has 0 nitrogen and oxygen atoms in total. The first-order valence-corrected chi connectivity index (χ1v) is 13.5. The van der Waals surface area contributed by atoms with Crippen LogP contribution in [0.1, 0.15) is 33.4 Å². The lowest BCUT2D eigenvalue weighted by Gasteiger charge is -2.23. The van der Waals surface area contributed by atoms with Gasteiger partial charge < -0.3 is 0 Å². The van der Waals surface area contributed by atoms with Gasteiger partial charge in [-0.15, -0.1) is 0 Å². The molecule has 0 unspecified atom stereocenters. The third kappa shape index (κ3) is 3.75. The molecule has 6 aromatic carbocycles. The summed E-state index contributed by atoms with van der Waals surface area (Å²) < 4.78 is 0. The van der Waals surface area contributed by atoms with E-state index in [1.165, 1.54) is 88.3 Å². The number of aryl methyl sites for hydroxylation is 2. The molecule has 38 heavy (non-hydrogen) atoms. The van der Waals surface area contributed by atoms with Gasteiger partial charge in [0.1, 0.15) is 0 Å². The Bertz CT molecular complexity index is 1730. The first-order valence-electron chi connectivity index (χ1n) is 13.5. The zero-order chi connectivity index (χ0) is 26.6. The number of rotatable bonds is 3. The van der Waals surface area contributed by atoms with E-state index in [2.05, 4.69) is 139 Å². The minimum absolute atomic E-state index is 1.28. The van der Waals surface area contributed by atoms with Crippen LogP contribution >= 0.6 is 0 Å². The molecule has 0 fully saturated rings. The molecule has 6 aromatic rings. The molecule has 0 bridgehead atoms. The fourth-order valence-electron chi connectivity index (χ4n) is 6.19. The highest BCUT2D eigenvalue weighted by Crippen LogP contribution is 2.46. The van der Waals surface area contributed by atoms with Crippen molar-refractivity contribution in [3.8, 4) is 33.4 Å². The third-order valence-electron chi connectivity index (χ3n) is 8.66. The van der Waals surface area contributed by atoms with Gasteiger partial charge in [0, 0.05) is 0 Å². The van der Waals surface area contributed by atoms with Crippen molar-refractivity contribution < 1.29 is 0 Å². The van der Waals surface area contributed by atoms with Crippen molar-refractivity contribution in [1.82, 2.24) is 0 Å². The smallest absolute Gasteiger partial charge is 0.00608 e. The molecule has 0 saturated heterocycles. The monoisotopic (exact) mass is 490 g/mol. The zero-order valence-electron chi connectivity index (χ0n) is 23.2. The maximum atomic E-state index is 2.39. The van der Waals surface area contributed by atoms with Crippen LogP contribution in [0.5, 0.6) is 0 Å². The van der Waals surface area contributed by atoms with Crippen LogP contribution in [0.4, 0.5) is 0 Å². The van der Waals surface area contributed by atoms with Crippen molar-refractivity contribution in [2.75, 3.05) is 0 Å². The summed E-state index contributed by atoms with van der Waals surface area (Å²) in [5.74, 6) is 0. The van der Waals surface area contributed by atoms with Crippen LogP contribution in [0.3, 0.4) is 0 Å². The fraction of sp³-hybridized carbons (Fsp3) is 0.158. The second kappa shape index (κ2) is 9.30. The van der Waals surface area contributed by atoms with E-state index >= 15 is 0 Å². The van der Waals surface area contributed by atoms with E-state index in [0.29, 0.717) is 0 Å². The fourth-order valence-corrected chi connectivity index (χ4v) is 6.19. The molecular weight excluding hydrogens is 456 g/mol. The minimum atomic E-state index is 1.28. The topological polar surface area (TPSA) is 0 Å². The SMILES string of the molecule is Cc1cccc(-c2cc3ccccc3c(-c3c(C)c(-c4cccc(C)c4C)cc4ccccc34)c2C)c1C. The van der Waals surface area contributed by atoms with Crippen molar-refractivity contribution in [1.29, 1.82) is 0 Å². The molecule has 0 aliphatic heterocycles. The van der Waals surface area contributed by atoms with Gasteiger partial charge in [-0.05, 0) is 142 Å². The Morgan fingerprint density at radius 1 is 0.342 bits per heavy atom. The summed E-state index contributed by atoms with van der Waals surface area (Å²) in [7, 11) is 0. The highest BCUT2D eigenvalue weighted by atomic mass is 14.2. The van der Waals surface area contributed by atoms with E-state index < -0.39 is 0 Å². The summed E-state index contributed by atoms with van der Waals surface area (Å²) in [4.78, 5) is 0. The molecule has 0 N–H and O–H groups in total. The predicted octanol–water partition coefficient (Wildman–Crippen LogP) is 10.8. The summed E-state index contributed by atoms with van der Waals surface area (Å²) in [6, 6.07) is 35.9. The number of hydrogen-bond donors (Lipinski definition) is 0. The van der Waals surface area contributed by atoms with Gasteiger partial charge in [-0.3, -0.25) is 0 Å². The predicted molar refractivity (Wildman–Crippen MR) is 166 cm³/mol. The third-order valence-corrected chi connectivity index (χ3v) is 8.66. The molecule has 0 aliphatic carbocycles. The van der Waals surface area contributed by atoms with E-state index in [9.17, 15) is 0 Å². The first-order chi connectivity index (χ1) is 18.4. The lowest BCUT2D eigenvalue weighted by atomic mass is 9.81. The van der Waals surface area contributed by atoms with E-state index in [0.717, 1.165) is 0 Å². The van der Waals surface area contributed by atoms with Crippen molar-refractivity contribution in [3.05, 3.63) is 130 Å². The van der Waals surface area contributed by atoms with Crippen LogP contribution in [0.25, 0.3) is 54.9 Å². The molecule has 0 atom stereocenters. The molecule has 0 aromatic heterocycles. The maximum absolute atomic E-state index is 2.39. The standard InChI is InChI=1S/C38H34/c1-23-13-11-19-31(25(23)3)35-21-29-15-7-9-17-33(29)37(27(35)5)38-28(6)36(22-30-16-8-10-18-34(30)38)32-20-12-14-24(2)26(32)4/h7-22H,1-6H3. The molecule has 0 aliphatic rings. The van der Waals surface area contributed by atoms with Gasteiger partial charge in [0.05, 0.1) is 0 Å². The Hall–Kier alpha value is -4.16. The second-order valence-corrected chi connectivity index (χ2v) is 10.8. The summed E-state index contributed by atoms with van der Waals surface area (Å²) in [5, 5.41) is 5.19. The van der Waals surface area contributed by atoms with Crippen LogP contribution in [-0.2, 0) is 0 Å². The van der Waals surface area contributed by atoms with Crippen molar-refractivity contribution in [2.24, 2.45) is 0 Å². The minimum Gasteiger partial charge on any atom is -0.0616 e. The molecule has 186 valence electrons. The van der Waals surface area contributed by atoms with E-state index in [1.54, 1.807) is 0 Å². The Labute approximate surface area is 226 Å². The van der Waals surface area contributed by atoms with Gasteiger partial charge in [-0.2, -0.15) is 0 Å². The first kappa shape index (κ1) is 24.2. The molecule has 0 heteroatoms. The van der Waals surface area contributed by atoms with Crippen molar-refractivity contribution in [2.45, 2.75) is 41.5 Å². The molecular formula is C38H34. The molecule has 0 amide bonds. The number of fused-ring (bicyclic) bond motifs is 2. The normalized spacial score (nSPS) is 11.4. The Morgan fingerprint density at radius 3 is 1.16 bits per heavy atom. The second-order valence-electron chi connectivity index (χ2n) is 10.8. The molecule has 6 rings (SSSR count). The summed E-state index contributed by atoms with van der Waals surface area (Å²) >= 11 is 0. The van der Waals surface area contributed by atoms with Gasteiger partial charge in [0.15, 0.2) is 0 Å². The van der Waals surface area contributed by atoms with Gasteiger partial charge in [0.2, 0.25) is 0 Å². The highest BCUT2D eigenvalue weighted by Gasteiger charge is 2.21. The Balaban J connectivity index is 1.79. The van der Waals surface area contributed by atoms with Crippen LogP contribution in [0.15, 0.2) is 97.1 Å². The number of hydrogen-bond acceptors (Lipinski definition) is 0. The Kier molecular flexibility index (Phi) is 5.92. The van der Waals surface area contributed by atoms with E-state index in [1.807, 2.05) is 0 Å². The highest BCUT2D eigenvalue weighted by molar-refractivity contribution is 6.11. The quantitative estimate of drug-likeness (QED) is 0.231. The molecule has 0 radical (unpaired) electrons. The van der Waals surface area contributed by atoms with E-state index in [-0.39, 0.29) is 0 Å². The Morgan fingerprint density at radius 2 is 0.737 bits per heavy atom. The largest absolute Gasteiger partial charge is 0.0616 e. The molecule has 0 saturated carbocycles. The van der Waals surface area contributed by atoms with Gasteiger partial charge in [-0.25, -0.2) is 0 Å². The van der Waals surface area contributed by atoms with Crippen LogP contribution in [0, 0.1) is 41.5 Å². The van der Waals surface area contributed by atoms with Gasteiger partial charge >= 0.3 is 0 Å². The summed E-state index contributed by atoms with van der Waals surface area (Å²) in [6.07, 6.45) is 0. The van der Waals surface area contributed by atoms with Crippen LogP contribution in [0.2, 0.25) is 0 Å². The van der Waals surface area contributed by atoms with Crippen molar-refractivity contribution >= 4 is 21.5 Å². The van der Waals surface area contributed by atoms with E-state index in [4.69, 9.17) is 0 Å². The maximum Gasteiger partial charge on any atom is -0.00608 e. The van der Waals surface area contributed by atoms with Crippen molar-refractivity contribution in [3.63, 3.8) is 0 Å². The number of benzene rings is 6. The summed E-state index contributed by atoms with van der Waals surface area (Å²) in [5.41, 5.74) is 16.0. The summed E-state index contributed by atoms with van der Waals surface area (Å²) in [6.45, 7) is 13.6. The van der Waals surface area contributed by atoms with Gasteiger partial charge in [0.25, 0.3) is 0 Å². The van der Waals surface area contributed by atoms with Gasteiger partial charge in [-0.1, -0.05) is 84.9 Å². The van der Waals surface area contributed by atoms with Crippen LogP contribution < -0.4 is 0 Å².